The predicted octanol–water partition coefficient (Wildman–Crippen LogP) is 3.41. The summed E-state index contributed by atoms with van der Waals surface area (Å²) < 4.78 is 0.723. The fraction of sp³-hybridized carbons (Fsp3) is 0.182. The van der Waals surface area contributed by atoms with Crippen LogP contribution in [0.1, 0.15) is 16.8 Å². The maximum absolute atomic E-state index is 11.6. The monoisotopic (exact) mass is 287 g/mol. The fourth-order valence-corrected chi connectivity index (χ4v) is 1.64. The minimum absolute atomic E-state index is 0.164. The average molecular weight is 289 g/mol. The van der Waals surface area contributed by atoms with Crippen molar-refractivity contribution in [1.82, 2.24) is 5.32 Å². The molecule has 1 rings (SSSR count). The fourth-order valence-electron chi connectivity index (χ4n) is 1.06. The molecule has 0 spiro atoms. The van der Waals surface area contributed by atoms with E-state index in [9.17, 15) is 4.79 Å². The maximum Gasteiger partial charge on any atom is 0.252 e. The van der Waals surface area contributed by atoms with Crippen molar-refractivity contribution < 1.29 is 4.79 Å². The Hall–Kier alpha value is -0.800. The Kier molecular flexibility index (Phi) is 4.85. The Morgan fingerprint density at radius 1 is 1.60 bits per heavy atom. The first-order valence-corrected chi connectivity index (χ1v) is 5.67. The van der Waals surface area contributed by atoms with Crippen molar-refractivity contribution >= 4 is 33.4 Å². The van der Waals surface area contributed by atoms with Crippen LogP contribution in [0, 0.1) is 0 Å². The molecule has 0 fully saturated rings. The standard InChI is InChI=1S/C11H11BrClNO/c1-2-3-7-14-11(15)8-5-4-6-9(12)10(8)13/h2,4-6H,1,3,7H2,(H,14,15). The van der Waals surface area contributed by atoms with Crippen LogP contribution in [-0.2, 0) is 0 Å². The predicted molar refractivity (Wildman–Crippen MR) is 66.3 cm³/mol. The number of halogens is 2. The van der Waals surface area contributed by atoms with Crippen molar-refractivity contribution in [3.05, 3.63) is 45.9 Å². The molecule has 0 atom stereocenters. The number of carbonyl (C=O) groups excluding carboxylic acids is 1. The van der Waals surface area contributed by atoms with Gasteiger partial charge in [0, 0.05) is 11.0 Å². The Bertz CT molecular complexity index is 379. The molecule has 1 N–H and O–H groups in total. The summed E-state index contributed by atoms with van der Waals surface area (Å²) in [5.41, 5.74) is 0.482. The highest BCUT2D eigenvalue weighted by Gasteiger charge is 2.10. The minimum atomic E-state index is -0.164. The lowest BCUT2D eigenvalue weighted by Gasteiger charge is -2.06. The first-order valence-electron chi connectivity index (χ1n) is 4.50. The van der Waals surface area contributed by atoms with Gasteiger partial charge in [0.05, 0.1) is 10.6 Å². The van der Waals surface area contributed by atoms with E-state index < -0.39 is 0 Å². The Morgan fingerprint density at radius 3 is 3.00 bits per heavy atom. The average Bonchev–Trinajstić information content (AvgIpc) is 2.22. The molecule has 15 heavy (non-hydrogen) atoms. The molecule has 1 amide bonds. The van der Waals surface area contributed by atoms with Crippen molar-refractivity contribution in [2.45, 2.75) is 6.42 Å². The van der Waals surface area contributed by atoms with Crippen LogP contribution >= 0.6 is 27.5 Å². The van der Waals surface area contributed by atoms with E-state index in [1.807, 2.05) is 0 Å². The molecule has 80 valence electrons. The second-order valence-electron chi connectivity index (χ2n) is 2.93. The summed E-state index contributed by atoms with van der Waals surface area (Å²) in [5.74, 6) is -0.164. The number of nitrogens with one attached hydrogen (secondary N) is 1. The zero-order valence-corrected chi connectivity index (χ0v) is 10.4. The highest BCUT2D eigenvalue weighted by molar-refractivity contribution is 9.10. The summed E-state index contributed by atoms with van der Waals surface area (Å²) in [6.07, 6.45) is 2.50. The highest BCUT2D eigenvalue weighted by Crippen LogP contribution is 2.25. The molecule has 0 aliphatic carbocycles. The molecule has 1 aromatic rings. The van der Waals surface area contributed by atoms with Gasteiger partial charge in [0.1, 0.15) is 0 Å². The van der Waals surface area contributed by atoms with Crippen molar-refractivity contribution in [2.24, 2.45) is 0 Å². The smallest absolute Gasteiger partial charge is 0.252 e. The number of hydrogen-bond acceptors (Lipinski definition) is 1. The highest BCUT2D eigenvalue weighted by atomic mass is 79.9. The molecule has 0 bridgehead atoms. The third-order valence-corrected chi connectivity index (χ3v) is 3.13. The Balaban J connectivity index is 2.73. The van der Waals surface area contributed by atoms with Crippen LogP contribution in [0.5, 0.6) is 0 Å². The number of rotatable bonds is 4. The second-order valence-corrected chi connectivity index (χ2v) is 4.17. The van der Waals surface area contributed by atoms with Gasteiger partial charge in [-0.3, -0.25) is 4.79 Å². The van der Waals surface area contributed by atoms with Crippen molar-refractivity contribution in [2.75, 3.05) is 6.54 Å². The van der Waals surface area contributed by atoms with Crippen LogP contribution in [0.4, 0.5) is 0 Å². The van der Waals surface area contributed by atoms with Crippen LogP contribution in [0.3, 0.4) is 0 Å². The molecule has 0 aromatic heterocycles. The normalized spacial score (nSPS) is 9.73. The van der Waals surface area contributed by atoms with Crippen LogP contribution in [0.15, 0.2) is 35.3 Å². The van der Waals surface area contributed by atoms with Gasteiger partial charge in [-0.25, -0.2) is 0 Å². The minimum Gasteiger partial charge on any atom is -0.352 e. The molecular formula is C11H11BrClNO. The van der Waals surface area contributed by atoms with E-state index in [0.29, 0.717) is 17.1 Å². The molecule has 0 radical (unpaired) electrons. The van der Waals surface area contributed by atoms with Gasteiger partial charge in [0.2, 0.25) is 0 Å². The number of hydrogen-bond donors (Lipinski definition) is 1. The van der Waals surface area contributed by atoms with Crippen LogP contribution in [-0.4, -0.2) is 12.5 Å². The Morgan fingerprint density at radius 2 is 2.33 bits per heavy atom. The van der Waals surface area contributed by atoms with Gasteiger partial charge < -0.3 is 5.32 Å². The molecule has 4 heteroatoms. The summed E-state index contributed by atoms with van der Waals surface area (Å²) >= 11 is 9.24. The first kappa shape index (κ1) is 12.3. The largest absolute Gasteiger partial charge is 0.352 e. The molecule has 0 aliphatic rings. The van der Waals surface area contributed by atoms with E-state index in [0.717, 1.165) is 10.9 Å². The lowest BCUT2D eigenvalue weighted by atomic mass is 10.2. The van der Waals surface area contributed by atoms with Gasteiger partial charge >= 0.3 is 0 Å². The van der Waals surface area contributed by atoms with Crippen molar-refractivity contribution in [3.8, 4) is 0 Å². The van der Waals surface area contributed by atoms with E-state index >= 15 is 0 Å². The third kappa shape index (κ3) is 3.36. The second kappa shape index (κ2) is 5.93. The van der Waals surface area contributed by atoms with Gasteiger partial charge in [-0.1, -0.05) is 23.7 Å². The molecular weight excluding hydrogens is 277 g/mol. The quantitative estimate of drug-likeness (QED) is 0.667. The van der Waals surface area contributed by atoms with Gasteiger partial charge in [-0.15, -0.1) is 6.58 Å². The number of carbonyl (C=O) groups is 1. The lowest BCUT2D eigenvalue weighted by molar-refractivity contribution is 0.0954. The summed E-state index contributed by atoms with van der Waals surface area (Å²) in [6.45, 7) is 4.15. The van der Waals surface area contributed by atoms with Gasteiger partial charge in [-0.2, -0.15) is 0 Å². The molecule has 0 unspecified atom stereocenters. The number of benzene rings is 1. The van der Waals surface area contributed by atoms with Crippen LogP contribution in [0.25, 0.3) is 0 Å². The van der Waals surface area contributed by atoms with Gasteiger partial charge in [0.15, 0.2) is 0 Å². The molecule has 0 aliphatic heterocycles. The van der Waals surface area contributed by atoms with Crippen LogP contribution < -0.4 is 5.32 Å². The summed E-state index contributed by atoms with van der Waals surface area (Å²) in [4.78, 5) is 11.6. The van der Waals surface area contributed by atoms with Crippen molar-refractivity contribution in [1.29, 1.82) is 0 Å². The molecule has 0 saturated heterocycles. The van der Waals surface area contributed by atoms with E-state index in [1.165, 1.54) is 0 Å². The topological polar surface area (TPSA) is 29.1 Å². The summed E-state index contributed by atoms with van der Waals surface area (Å²) in [5, 5.41) is 3.19. The van der Waals surface area contributed by atoms with Gasteiger partial charge in [0.25, 0.3) is 5.91 Å². The Labute approximate surface area is 102 Å². The molecule has 1 aromatic carbocycles. The first-order chi connectivity index (χ1) is 7.16. The molecule has 0 heterocycles. The SMILES string of the molecule is C=CCCNC(=O)c1cccc(Br)c1Cl. The van der Waals surface area contributed by atoms with Gasteiger partial charge in [-0.05, 0) is 34.5 Å². The zero-order valence-electron chi connectivity index (χ0n) is 8.09. The van der Waals surface area contributed by atoms with E-state index in [4.69, 9.17) is 11.6 Å². The van der Waals surface area contributed by atoms with E-state index in [-0.39, 0.29) is 5.91 Å². The number of amides is 1. The maximum atomic E-state index is 11.6. The van der Waals surface area contributed by atoms with E-state index in [2.05, 4.69) is 27.8 Å². The summed E-state index contributed by atoms with van der Waals surface area (Å²) in [6, 6.07) is 5.26. The lowest BCUT2D eigenvalue weighted by Crippen LogP contribution is -2.24. The van der Waals surface area contributed by atoms with E-state index in [1.54, 1.807) is 24.3 Å². The zero-order chi connectivity index (χ0) is 11.3. The molecule has 2 nitrogen and oxygen atoms in total. The molecule has 0 saturated carbocycles. The van der Waals surface area contributed by atoms with Crippen LogP contribution in [0.2, 0.25) is 5.02 Å². The van der Waals surface area contributed by atoms with Crippen molar-refractivity contribution in [3.63, 3.8) is 0 Å². The summed E-state index contributed by atoms with van der Waals surface area (Å²) in [7, 11) is 0. The third-order valence-electron chi connectivity index (χ3n) is 1.83.